The molecule has 1 amide bonds. The molecule has 0 radical (unpaired) electrons. The van der Waals surface area contributed by atoms with E-state index in [2.05, 4.69) is 5.32 Å². The monoisotopic (exact) mass is 523 g/mol. The lowest BCUT2D eigenvalue weighted by Gasteiger charge is -2.09. The number of hydrogen-bond acceptors (Lipinski definition) is 2. The molecule has 1 aliphatic carbocycles. The summed E-state index contributed by atoms with van der Waals surface area (Å²) in [5.74, 6) is -2.05. The van der Waals surface area contributed by atoms with E-state index in [9.17, 15) is 14.0 Å². The standard InChI is InChI=1S/C25H18Cl4FNO2/c1-13-7-19(30)6-5-14(13)11-21(32)15-3-2-4-20(10-15)31-24(33)23-22(25(23,28)29)16-8-17(26)12-18(27)9-16/h2-10,12,22-23H,11H2,1H3,(H,31,33). The number of rotatable bonds is 6. The average Bonchev–Trinajstić information content (AvgIpc) is 3.31. The summed E-state index contributed by atoms with van der Waals surface area (Å²) < 4.78 is 12.0. The van der Waals surface area contributed by atoms with Crippen LogP contribution in [0.2, 0.25) is 10.0 Å². The number of nitrogens with one attached hydrogen (secondary N) is 1. The molecule has 0 saturated heterocycles. The first-order valence-corrected chi connectivity index (χ1v) is 11.6. The molecular formula is C25H18Cl4FNO2. The van der Waals surface area contributed by atoms with Crippen LogP contribution in [0.25, 0.3) is 0 Å². The highest BCUT2D eigenvalue weighted by molar-refractivity contribution is 6.53. The normalized spacial score (nSPS) is 18.6. The first kappa shape index (κ1) is 24.0. The highest BCUT2D eigenvalue weighted by Crippen LogP contribution is 2.65. The smallest absolute Gasteiger partial charge is 0.231 e. The number of anilines is 1. The molecule has 0 aromatic heterocycles. The van der Waals surface area contributed by atoms with E-state index < -0.39 is 16.2 Å². The molecule has 0 spiro atoms. The van der Waals surface area contributed by atoms with Gasteiger partial charge in [0, 0.05) is 33.6 Å². The number of amides is 1. The number of carbonyl (C=O) groups excluding carboxylic acids is 2. The highest BCUT2D eigenvalue weighted by atomic mass is 35.5. The fraction of sp³-hybridized carbons (Fsp3) is 0.200. The maximum absolute atomic E-state index is 13.3. The number of halogens is 5. The zero-order valence-electron chi connectivity index (χ0n) is 17.3. The lowest BCUT2D eigenvalue weighted by atomic mass is 9.99. The molecule has 4 rings (SSSR count). The number of carbonyl (C=O) groups is 2. The van der Waals surface area contributed by atoms with Gasteiger partial charge in [-0.15, -0.1) is 23.2 Å². The Balaban J connectivity index is 1.48. The number of Topliss-reactive ketones (excluding diaryl/α,β-unsaturated/α-hetero) is 1. The number of benzene rings is 3. The van der Waals surface area contributed by atoms with Gasteiger partial charge in [0.1, 0.15) is 10.2 Å². The van der Waals surface area contributed by atoms with Crippen LogP contribution in [0, 0.1) is 18.7 Å². The summed E-state index contributed by atoms with van der Waals surface area (Å²) in [5.41, 5.74) is 2.99. The summed E-state index contributed by atoms with van der Waals surface area (Å²) >= 11 is 25.0. The van der Waals surface area contributed by atoms with Gasteiger partial charge in [0.25, 0.3) is 0 Å². The van der Waals surface area contributed by atoms with Crippen LogP contribution in [0.15, 0.2) is 60.7 Å². The molecule has 2 atom stereocenters. The van der Waals surface area contributed by atoms with Gasteiger partial charge in [-0.3, -0.25) is 9.59 Å². The molecule has 1 aliphatic rings. The molecule has 0 aliphatic heterocycles. The molecule has 2 unspecified atom stereocenters. The molecule has 1 saturated carbocycles. The van der Waals surface area contributed by atoms with Crippen LogP contribution in [0.5, 0.6) is 0 Å². The fourth-order valence-electron chi connectivity index (χ4n) is 3.95. The summed E-state index contributed by atoms with van der Waals surface area (Å²) in [5, 5.41) is 3.64. The quantitative estimate of drug-likeness (QED) is 0.270. The van der Waals surface area contributed by atoms with Crippen LogP contribution < -0.4 is 5.32 Å². The molecule has 1 N–H and O–H groups in total. The predicted molar refractivity (Wildman–Crippen MR) is 131 cm³/mol. The molecule has 33 heavy (non-hydrogen) atoms. The molecule has 8 heteroatoms. The molecule has 0 heterocycles. The van der Waals surface area contributed by atoms with Gasteiger partial charge in [0.05, 0.1) is 5.92 Å². The average molecular weight is 525 g/mol. The number of alkyl halides is 2. The number of aryl methyl sites for hydroxylation is 1. The third-order valence-electron chi connectivity index (χ3n) is 5.69. The van der Waals surface area contributed by atoms with Crippen molar-refractivity contribution in [3.63, 3.8) is 0 Å². The predicted octanol–water partition coefficient (Wildman–Crippen LogP) is 7.39. The van der Waals surface area contributed by atoms with Crippen LogP contribution in [0.1, 0.15) is 33.0 Å². The van der Waals surface area contributed by atoms with E-state index in [1.54, 1.807) is 55.5 Å². The molecular weight excluding hydrogens is 507 g/mol. The lowest BCUT2D eigenvalue weighted by molar-refractivity contribution is -0.117. The Kier molecular flexibility index (Phi) is 6.75. The zero-order valence-corrected chi connectivity index (χ0v) is 20.4. The van der Waals surface area contributed by atoms with Crippen molar-refractivity contribution in [2.75, 3.05) is 5.32 Å². The second-order valence-corrected chi connectivity index (χ2v) is 10.4. The minimum Gasteiger partial charge on any atom is -0.326 e. The van der Waals surface area contributed by atoms with Crippen LogP contribution in [0.3, 0.4) is 0 Å². The minimum atomic E-state index is -1.30. The third kappa shape index (κ3) is 5.20. The summed E-state index contributed by atoms with van der Waals surface area (Å²) in [6, 6.07) is 15.9. The van der Waals surface area contributed by atoms with Crippen molar-refractivity contribution in [3.8, 4) is 0 Å². The molecule has 170 valence electrons. The van der Waals surface area contributed by atoms with Crippen molar-refractivity contribution in [2.24, 2.45) is 5.92 Å². The molecule has 3 nitrogen and oxygen atoms in total. The van der Waals surface area contributed by atoms with Gasteiger partial charge in [0.15, 0.2) is 5.78 Å². The van der Waals surface area contributed by atoms with E-state index in [0.29, 0.717) is 32.4 Å². The zero-order chi connectivity index (χ0) is 23.9. The van der Waals surface area contributed by atoms with Crippen molar-refractivity contribution in [1.82, 2.24) is 0 Å². The Morgan fingerprint density at radius 2 is 1.70 bits per heavy atom. The Bertz CT molecular complexity index is 1240. The second kappa shape index (κ2) is 9.27. The van der Waals surface area contributed by atoms with E-state index in [1.807, 2.05) is 0 Å². The Morgan fingerprint density at radius 3 is 2.36 bits per heavy atom. The first-order chi connectivity index (χ1) is 15.6. The molecule has 3 aromatic rings. The van der Waals surface area contributed by atoms with Crippen LogP contribution >= 0.6 is 46.4 Å². The van der Waals surface area contributed by atoms with Gasteiger partial charge in [-0.1, -0.05) is 41.4 Å². The summed E-state index contributed by atoms with van der Waals surface area (Å²) in [6.45, 7) is 1.76. The van der Waals surface area contributed by atoms with E-state index in [0.717, 1.165) is 5.56 Å². The van der Waals surface area contributed by atoms with E-state index in [1.165, 1.54) is 12.1 Å². The second-order valence-electron chi connectivity index (χ2n) is 8.07. The number of ketones is 1. The van der Waals surface area contributed by atoms with Crippen LogP contribution in [-0.4, -0.2) is 16.0 Å². The number of hydrogen-bond donors (Lipinski definition) is 1. The van der Waals surface area contributed by atoms with Gasteiger partial charge < -0.3 is 5.32 Å². The maximum Gasteiger partial charge on any atom is 0.231 e. The van der Waals surface area contributed by atoms with Gasteiger partial charge in [-0.05, 0) is 66.1 Å². The SMILES string of the molecule is Cc1cc(F)ccc1CC(=O)c1cccc(NC(=O)C2C(c3cc(Cl)cc(Cl)c3)C2(Cl)Cl)c1. The van der Waals surface area contributed by atoms with E-state index in [-0.39, 0.29) is 23.9 Å². The Hall–Kier alpha value is -2.11. The third-order valence-corrected chi connectivity index (χ3v) is 7.06. The van der Waals surface area contributed by atoms with Gasteiger partial charge >= 0.3 is 0 Å². The maximum atomic E-state index is 13.3. The first-order valence-electron chi connectivity index (χ1n) is 10.1. The van der Waals surface area contributed by atoms with Crippen LogP contribution in [-0.2, 0) is 11.2 Å². The van der Waals surface area contributed by atoms with E-state index >= 15 is 0 Å². The molecule has 1 fully saturated rings. The van der Waals surface area contributed by atoms with Crippen molar-refractivity contribution in [3.05, 3.63) is 98.8 Å². The topological polar surface area (TPSA) is 46.2 Å². The van der Waals surface area contributed by atoms with Gasteiger partial charge in [0.2, 0.25) is 5.91 Å². The van der Waals surface area contributed by atoms with Crippen molar-refractivity contribution >= 4 is 63.8 Å². The summed E-state index contributed by atoms with van der Waals surface area (Å²) in [7, 11) is 0. The lowest BCUT2D eigenvalue weighted by Crippen LogP contribution is -2.17. The fourth-order valence-corrected chi connectivity index (χ4v) is 5.32. The Labute approximate surface area is 210 Å². The van der Waals surface area contributed by atoms with Crippen molar-refractivity contribution in [1.29, 1.82) is 0 Å². The minimum absolute atomic E-state index is 0.121. The largest absolute Gasteiger partial charge is 0.326 e. The van der Waals surface area contributed by atoms with Gasteiger partial charge in [-0.2, -0.15) is 0 Å². The summed E-state index contributed by atoms with van der Waals surface area (Å²) in [4.78, 5) is 25.7. The van der Waals surface area contributed by atoms with E-state index in [4.69, 9.17) is 46.4 Å². The summed E-state index contributed by atoms with van der Waals surface area (Å²) in [6.07, 6.45) is 0.121. The Morgan fingerprint density at radius 1 is 1.00 bits per heavy atom. The van der Waals surface area contributed by atoms with Crippen molar-refractivity contribution in [2.45, 2.75) is 23.6 Å². The highest BCUT2D eigenvalue weighted by Gasteiger charge is 2.67. The van der Waals surface area contributed by atoms with Gasteiger partial charge in [-0.25, -0.2) is 4.39 Å². The molecule has 0 bridgehead atoms. The molecule has 3 aromatic carbocycles. The van der Waals surface area contributed by atoms with Crippen LogP contribution in [0.4, 0.5) is 10.1 Å². The van der Waals surface area contributed by atoms with Crippen molar-refractivity contribution < 1.29 is 14.0 Å².